The fourth-order valence-corrected chi connectivity index (χ4v) is 3.67. The van der Waals surface area contributed by atoms with Gasteiger partial charge in [-0.05, 0) is 24.3 Å². The van der Waals surface area contributed by atoms with E-state index >= 15 is 0 Å². The predicted molar refractivity (Wildman–Crippen MR) is 108 cm³/mol. The number of aromatic nitrogens is 4. The first-order chi connectivity index (χ1) is 15.0. The molecule has 0 aliphatic rings. The van der Waals surface area contributed by atoms with Crippen molar-refractivity contribution in [1.29, 1.82) is 0 Å². The molecule has 0 fully saturated rings. The number of hydrogen-bond acceptors (Lipinski definition) is 7. The maximum Gasteiger partial charge on any atom is 0.433 e. The summed E-state index contributed by atoms with van der Waals surface area (Å²) < 4.78 is 65.9. The van der Waals surface area contributed by atoms with Gasteiger partial charge in [0, 0.05) is 19.3 Å². The van der Waals surface area contributed by atoms with Crippen molar-refractivity contribution in [2.75, 3.05) is 5.75 Å². The molecule has 0 radical (unpaired) electrons. The van der Waals surface area contributed by atoms with E-state index < -0.39 is 27.6 Å². The molecule has 32 heavy (non-hydrogen) atoms. The second kappa shape index (κ2) is 8.86. The Kier molecular flexibility index (Phi) is 6.39. The fraction of sp³-hybridized carbons (Fsp3) is 0.211. The van der Waals surface area contributed by atoms with Crippen LogP contribution in [0, 0.1) is 0 Å². The molecule has 3 aromatic heterocycles. The minimum atomic E-state index is -4.71. The first-order valence-electron chi connectivity index (χ1n) is 9.15. The highest BCUT2D eigenvalue weighted by molar-refractivity contribution is 7.91. The average molecular weight is 466 g/mol. The molecular formula is C19H17F3N6O3S. The Morgan fingerprint density at radius 3 is 2.59 bits per heavy atom. The number of hydrogen-bond donors (Lipinski definition) is 1. The van der Waals surface area contributed by atoms with E-state index in [1.807, 2.05) is 0 Å². The predicted octanol–water partition coefficient (Wildman–Crippen LogP) is 2.69. The molecule has 3 aromatic rings. The molecule has 1 amide bonds. The normalized spacial score (nSPS) is 12.6. The van der Waals surface area contributed by atoms with Crippen molar-refractivity contribution in [2.45, 2.75) is 24.9 Å². The SMILES string of the molecule is CCS(=O)(=O)c1cc(-n2cccn2)cnc1/C(=N\c1cccc(C(F)(F)F)n1)NC(C)=O. The molecule has 0 saturated heterocycles. The lowest BCUT2D eigenvalue weighted by Crippen LogP contribution is -2.31. The highest BCUT2D eigenvalue weighted by Gasteiger charge is 2.32. The highest BCUT2D eigenvalue weighted by atomic mass is 32.2. The second-order valence-corrected chi connectivity index (χ2v) is 8.66. The van der Waals surface area contributed by atoms with Crippen LogP contribution in [-0.2, 0) is 20.8 Å². The number of alkyl halides is 3. The van der Waals surface area contributed by atoms with Gasteiger partial charge in [-0.2, -0.15) is 18.3 Å². The third-order valence-corrected chi connectivity index (χ3v) is 5.83. The molecule has 0 aromatic carbocycles. The van der Waals surface area contributed by atoms with E-state index in [2.05, 4.69) is 25.4 Å². The number of nitrogens with zero attached hydrogens (tertiary/aromatic N) is 5. The molecule has 1 N–H and O–H groups in total. The van der Waals surface area contributed by atoms with Crippen LogP contribution in [-0.4, -0.2) is 45.7 Å². The van der Waals surface area contributed by atoms with Gasteiger partial charge in [-0.3, -0.25) is 4.79 Å². The number of nitrogens with one attached hydrogen (secondary N) is 1. The van der Waals surface area contributed by atoms with Gasteiger partial charge < -0.3 is 5.32 Å². The van der Waals surface area contributed by atoms with Gasteiger partial charge in [-0.1, -0.05) is 13.0 Å². The number of amidine groups is 1. The Morgan fingerprint density at radius 1 is 1.25 bits per heavy atom. The van der Waals surface area contributed by atoms with E-state index in [1.165, 1.54) is 36.1 Å². The van der Waals surface area contributed by atoms with E-state index in [0.29, 0.717) is 5.69 Å². The number of carbonyl (C=O) groups is 1. The van der Waals surface area contributed by atoms with Gasteiger partial charge in [0.15, 0.2) is 21.5 Å². The van der Waals surface area contributed by atoms with Crippen LogP contribution < -0.4 is 5.32 Å². The quantitative estimate of drug-likeness (QED) is 0.456. The first-order valence-corrected chi connectivity index (χ1v) is 10.8. The van der Waals surface area contributed by atoms with Crippen LogP contribution in [0.3, 0.4) is 0 Å². The zero-order valence-electron chi connectivity index (χ0n) is 16.8. The minimum Gasteiger partial charge on any atom is -0.309 e. The van der Waals surface area contributed by atoms with E-state index in [4.69, 9.17) is 0 Å². The summed E-state index contributed by atoms with van der Waals surface area (Å²) in [6, 6.07) is 5.97. The van der Waals surface area contributed by atoms with E-state index in [9.17, 15) is 26.4 Å². The zero-order valence-corrected chi connectivity index (χ0v) is 17.6. The average Bonchev–Trinajstić information content (AvgIpc) is 3.27. The monoisotopic (exact) mass is 466 g/mol. The van der Waals surface area contributed by atoms with Crippen LogP contribution in [0.15, 0.2) is 58.8 Å². The van der Waals surface area contributed by atoms with Crippen molar-refractivity contribution in [2.24, 2.45) is 4.99 Å². The number of carbonyl (C=O) groups excluding carboxylic acids is 1. The van der Waals surface area contributed by atoms with Crippen LogP contribution in [0.2, 0.25) is 0 Å². The van der Waals surface area contributed by atoms with E-state index in [-0.39, 0.29) is 28.0 Å². The Hall–Kier alpha value is -3.61. The van der Waals surface area contributed by atoms with E-state index in [1.54, 1.807) is 12.3 Å². The van der Waals surface area contributed by atoms with Gasteiger partial charge in [0.1, 0.15) is 11.4 Å². The fourth-order valence-electron chi connectivity index (χ4n) is 2.62. The number of amides is 1. The molecule has 0 bridgehead atoms. The summed E-state index contributed by atoms with van der Waals surface area (Å²) >= 11 is 0. The van der Waals surface area contributed by atoms with Crippen LogP contribution in [0.1, 0.15) is 25.2 Å². The van der Waals surface area contributed by atoms with Crippen molar-refractivity contribution >= 4 is 27.4 Å². The highest BCUT2D eigenvalue weighted by Crippen LogP contribution is 2.29. The van der Waals surface area contributed by atoms with Gasteiger partial charge >= 0.3 is 6.18 Å². The Bertz CT molecular complexity index is 1270. The molecule has 0 saturated carbocycles. The molecule has 0 aliphatic carbocycles. The van der Waals surface area contributed by atoms with Crippen LogP contribution in [0.4, 0.5) is 19.0 Å². The Labute approximate surface area is 181 Å². The maximum atomic E-state index is 13.0. The standard InChI is InChI=1S/C19H17F3N6O3S/c1-3-32(30,31)14-10-13(28-9-5-8-24-28)11-23-17(14)18(25-12(2)29)27-16-7-4-6-15(26-16)19(20,21)22/h4-11H,3H2,1-2H3,(H,25,26,27,29). The van der Waals surface area contributed by atoms with Gasteiger partial charge in [0.25, 0.3) is 0 Å². The number of pyridine rings is 2. The molecule has 0 spiro atoms. The number of aliphatic imine (C=N–C) groups is 1. The molecule has 9 nitrogen and oxygen atoms in total. The van der Waals surface area contributed by atoms with Crippen molar-refractivity contribution in [1.82, 2.24) is 25.1 Å². The molecule has 3 rings (SSSR count). The molecule has 0 unspecified atom stereocenters. The summed E-state index contributed by atoms with van der Waals surface area (Å²) in [6.07, 6.45) is -0.339. The van der Waals surface area contributed by atoms with Crippen LogP contribution in [0.5, 0.6) is 0 Å². The topological polar surface area (TPSA) is 119 Å². The second-order valence-electron chi connectivity index (χ2n) is 6.41. The minimum absolute atomic E-state index is 0.239. The van der Waals surface area contributed by atoms with E-state index in [0.717, 1.165) is 19.1 Å². The zero-order chi connectivity index (χ0) is 23.5. The molecule has 0 aliphatic heterocycles. The maximum absolute atomic E-state index is 13.0. The summed E-state index contributed by atoms with van der Waals surface area (Å²) in [5.74, 6) is -1.67. The molecule has 0 atom stereocenters. The number of rotatable bonds is 5. The molecular weight excluding hydrogens is 449 g/mol. The summed E-state index contributed by atoms with van der Waals surface area (Å²) in [4.78, 5) is 23.0. The van der Waals surface area contributed by atoms with Crippen LogP contribution in [0.25, 0.3) is 5.69 Å². The molecule has 13 heteroatoms. The van der Waals surface area contributed by atoms with Gasteiger partial charge in [0.05, 0.1) is 22.5 Å². The lowest BCUT2D eigenvalue weighted by atomic mass is 10.3. The third-order valence-electron chi connectivity index (χ3n) is 4.09. The Balaban J connectivity index is 2.22. The molecule has 168 valence electrons. The van der Waals surface area contributed by atoms with Crippen molar-refractivity contribution in [3.05, 3.63) is 60.3 Å². The van der Waals surface area contributed by atoms with Crippen molar-refractivity contribution in [3.8, 4) is 5.69 Å². The summed E-state index contributed by atoms with van der Waals surface area (Å²) in [5.41, 5.74) is -1.10. The summed E-state index contributed by atoms with van der Waals surface area (Å²) in [5, 5.41) is 6.36. The van der Waals surface area contributed by atoms with Gasteiger partial charge in [-0.15, -0.1) is 0 Å². The van der Waals surface area contributed by atoms with Crippen molar-refractivity contribution < 1.29 is 26.4 Å². The number of halogens is 3. The lowest BCUT2D eigenvalue weighted by Gasteiger charge is -2.13. The first kappa shape index (κ1) is 23.1. The number of sulfone groups is 1. The lowest BCUT2D eigenvalue weighted by molar-refractivity contribution is -0.141. The molecule has 3 heterocycles. The summed E-state index contributed by atoms with van der Waals surface area (Å²) in [7, 11) is -3.88. The Morgan fingerprint density at radius 2 is 2.00 bits per heavy atom. The van der Waals surface area contributed by atoms with Crippen LogP contribution >= 0.6 is 0 Å². The summed E-state index contributed by atoms with van der Waals surface area (Å²) in [6.45, 7) is 2.56. The van der Waals surface area contributed by atoms with Gasteiger partial charge in [-0.25, -0.2) is 28.1 Å². The third kappa shape index (κ3) is 5.17. The smallest absolute Gasteiger partial charge is 0.309 e. The van der Waals surface area contributed by atoms with Crippen molar-refractivity contribution in [3.63, 3.8) is 0 Å². The largest absolute Gasteiger partial charge is 0.433 e. The van der Waals surface area contributed by atoms with Gasteiger partial charge in [0.2, 0.25) is 5.91 Å².